The highest BCUT2D eigenvalue weighted by Gasteiger charge is 2.41. The molecule has 3 rings (SSSR count). The lowest BCUT2D eigenvalue weighted by molar-refractivity contribution is -0.149. The highest BCUT2D eigenvalue weighted by atomic mass is 32.1. The Balaban J connectivity index is 1.78. The number of hydrogen-bond acceptors (Lipinski definition) is 10. The molecule has 0 bridgehead atoms. The molecule has 3 amide bonds. The van der Waals surface area contributed by atoms with Crippen molar-refractivity contribution in [3.63, 3.8) is 0 Å². The number of carbonyl (C=O) groups is 5. The second-order valence-electron chi connectivity index (χ2n) is 14.3. The average Bonchev–Trinajstić information content (AvgIpc) is 3.82. The standard InChI is InChI=1S/C38H56FN5O7S/c1-22(2)31(44(6)37(48)33(27-13-14-27)43-34(46)23(3)10-8-9-17-40)20-32(51-25(5)45)36-42-30(21-52-36)35(47)41-29(18-24(4)38(49)50-7)19-26-11-15-28(39)16-12-26/h11-12,15-16,21-24,27,29,31-33H,8-10,13-14,17-20,40H2,1-7H3,(H,41,47)(H,43,46)/t23-,24+,29-,31-,32-,33+/m1/s1. The van der Waals surface area contributed by atoms with Gasteiger partial charge in [0.05, 0.1) is 13.0 Å². The first-order valence-electron chi connectivity index (χ1n) is 18.2. The second-order valence-corrected chi connectivity index (χ2v) is 15.2. The number of ether oxygens (including phenoxy) is 2. The van der Waals surface area contributed by atoms with Crippen LogP contribution in [0.4, 0.5) is 4.39 Å². The van der Waals surface area contributed by atoms with Gasteiger partial charge in [0.1, 0.15) is 22.6 Å². The number of methoxy groups -OCH3 is 1. The van der Waals surface area contributed by atoms with E-state index in [9.17, 15) is 28.4 Å². The van der Waals surface area contributed by atoms with Gasteiger partial charge in [0.25, 0.3) is 5.91 Å². The number of esters is 2. The van der Waals surface area contributed by atoms with Crippen LogP contribution in [-0.2, 0) is 35.1 Å². The molecular weight excluding hydrogens is 690 g/mol. The minimum absolute atomic E-state index is 0.0514. The number of unbranched alkanes of at least 4 members (excludes halogenated alkanes) is 1. The van der Waals surface area contributed by atoms with Crippen LogP contribution in [0.25, 0.3) is 0 Å². The number of nitrogens with zero attached hydrogens (tertiary/aromatic N) is 2. The van der Waals surface area contributed by atoms with Gasteiger partial charge in [-0.1, -0.05) is 46.2 Å². The smallest absolute Gasteiger partial charge is 0.308 e. The first kappa shape index (κ1) is 42.5. The van der Waals surface area contributed by atoms with Gasteiger partial charge >= 0.3 is 11.9 Å². The van der Waals surface area contributed by atoms with Crippen molar-refractivity contribution in [2.75, 3.05) is 20.7 Å². The van der Waals surface area contributed by atoms with E-state index in [-0.39, 0.29) is 53.9 Å². The first-order valence-corrected chi connectivity index (χ1v) is 19.1. The molecule has 1 aromatic heterocycles. The Morgan fingerprint density at radius 2 is 1.69 bits per heavy atom. The average molecular weight is 746 g/mol. The first-order chi connectivity index (χ1) is 24.6. The summed E-state index contributed by atoms with van der Waals surface area (Å²) in [4.78, 5) is 71.3. The van der Waals surface area contributed by atoms with Crippen LogP contribution in [-0.4, -0.2) is 78.4 Å². The van der Waals surface area contributed by atoms with E-state index >= 15 is 0 Å². The Bertz CT molecular complexity index is 1500. The molecule has 0 saturated heterocycles. The lowest BCUT2D eigenvalue weighted by atomic mass is 9.95. The van der Waals surface area contributed by atoms with Crippen molar-refractivity contribution >= 4 is 41.0 Å². The van der Waals surface area contributed by atoms with Gasteiger partial charge in [-0.05, 0) is 74.6 Å². The Morgan fingerprint density at radius 1 is 1.02 bits per heavy atom. The van der Waals surface area contributed by atoms with E-state index < -0.39 is 48.0 Å². The fraction of sp³-hybridized carbons (Fsp3) is 0.632. The quantitative estimate of drug-likeness (QED) is 0.118. The Morgan fingerprint density at radius 3 is 2.27 bits per heavy atom. The highest BCUT2D eigenvalue weighted by Crippen LogP contribution is 2.36. The summed E-state index contributed by atoms with van der Waals surface area (Å²) in [6.07, 6.45) is 4.06. The molecule has 14 heteroatoms. The summed E-state index contributed by atoms with van der Waals surface area (Å²) in [5.74, 6) is -2.91. The number of nitrogens with one attached hydrogen (secondary N) is 2. The van der Waals surface area contributed by atoms with Crippen molar-refractivity contribution in [3.05, 3.63) is 51.7 Å². The third-order valence-corrected chi connectivity index (χ3v) is 10.5. The molecule has 2 aromatic rings. The van der Waals surface area contributed by atoms with Gasteiger partial charge in [-0.3, -0.25) is 24.0 Å². The Labute approximate surface area is 310 Å². The van der Waals surface area contributed by atoms with Gasteiger partial charge in [-0.15, -0.1) is 11.3 Å². The van der Waals surface area contributed by atoms with E-state index in [1.807, 2.05) is 20.8 Å². The number of rotatable bonds is 21. The number of thiazole rings is 1. The topological polar surface area (TPSA) is 170 Å². The van der Waals surface area contributed by atoms with Crippen LogP contribution in [0, 0.1) is 29.5 Å². The SMILES string of the molecule is COC(=O)[C@@H](C)C[C@H](Cc1ccc(F)cc1)NC(=O)c1csc([C@@H](C[C@H](C(C)C)N(C)C(=O)[C@@H](NC(=O)[C@H](C)CCCCN)C2CC2)OC(C)=O)n1. The number of halogens is 1. The lowest BCUT2D eigenvalue weighted by Crippen LogP contribution is -2.53. The lowest BCUT2D eigenvalue weighted by Gasteiger charge is -2.36. The third-order valence-electron chi connectivity index (χ3n) is 9.58. The minimum Gasteiger partial charge on any atom is -0.469 e. The zero-order valence-electron chi connectivity index (χ0n) is 31.5. The Hall–Kier alpha value is -3.91. The van der Waals surface area contributed by atoms with Gasteiger partial charge < -0.3 is 30.7 Å². The van der Waals surface area contributed by atoms with Crippen molar-refractivity contribution in [3.8, 4) is 0 Å². The van der Waals surface area contributed by atoms with E-state index in [0.29, 0.717) is 24.4 Å². The summed E-state index contributed by atoms with van der Waals surface area (Å²) in [5.41, 5.74) is 6.49. The molecule has 0 spiro atoms. The van der Waals surface area contributed by atoms with Crippen molar-refractivity contribution in [1.82, 2.24) is 20.5 Å². The predicted octanol–water partition coefficient (Wildman–Crippen LogP) is 4.96. The van der Waals surface area contributed by atoms with E-state index in [1.165, 1.54) is 26.2 Å². The number of nitrogens with two attached hydrogens (primary N) is 1. The summed E-state index contributed by atoms with van der Waals surface area (Å²) in [7, 11) is 3.01. The number of aromatic nitrogens is 1. The van der Waals surface area contributed by atoms with Crippen LogP contribution >= 0.6 is 11.3 Å². The molecule has 1 aromatic carbocycles. The monoisotopic (exact) mass is 745 g/mol. The molecule has 1 fully saturated rings. The van der Waals surface area contributed by atoms with Gasteiger partial charge in [0, 0.05) is 43.8 Å². The van der Waals surface area contributed by atoms with E-state index in [1.54, 1.807) is 36.4 Å². The summed E-state index contributed by atoms with van der Waals surface area (Å²) in [6, 6.07) is 4.39. The van der Waals surface area contributed by atoms with Crippen molar-refractivity contribution < 1.29 is 37.8 Å². The number of likely N-dealkylation sites (N-methyl/N-ethyl adjacent to an activating group) is 1. The molecule has 1 aliphatic rings. The predicted molar refractivity (Wildman–Crippen MR) is 197 cm³/mol. The van der Waals surface area contributed by atoms with E-state index in [2.05, 4.69) is 15.6 Å². The molecule has 6 atom stereocenters. The zero-order chi connectivity index (χ0) is 38.5. The molecule has 4 N–H and O–H groups in total. The number of carbonyl (C=O) groups excluding carboxylic acids is 5. The fourth-order valence-electron chi connectivity index (χ4n) is 6.33. The van der Waals surface area contributed by atoms with Crippen LogP contribution in [0.1, 0.15) is 107 Å². The molecule has 1 saturated carbocycles. The van der Waals surface area contributed by atoms with Crippen LogP contribution in [0.15, 0.2) is 29.6 Å². The summed E-state index contributed by atoms with van der Waals surface area (Å²) in [5, 5.41) is 7.95. The maximum absolute atomic E-state index is 14.0. The fourth-order valence-corrected chi connectivity index (χ4v) is 7.17. The summed E-state index contributed by atoms with van der Waals surface area (Å²) < 4.78 is 24.2. The van der Waals surface area contributed by atoms with Gasteiger partial charge in [-0.2, -0.15) is 0 Å². The molecule has 288 valence electrons. The largest absolute Gasteiger partial charge is 0.469 e. The van der Waals surface area contributed by atoms with Crippen LogP contribution < -0.4 is 16.4 Å². The maximum atomic E-state index is 14.0. The molecule has 1 aliphatic carbocycles. The molecule has 0 unspecified atom stereocenters. The molecular formula is C38H56FN5O7S. The summed E-state index contributed by atoms with van der Waals surface area (Å²) >= 11 is 1.16. The second kappa shape index (κ2) is 20.4. The normalized spacial score (nSPS) is 16.2. The summed E-state index contributed by atoms with van der Waals surface area (Å²) in [6.45, 7) is 9.38. The maximum Gasteiger partial charge on any atom is 0.308 e. The van der Waals surface area contributed by atoms with Gasteiger partial charge in [0.2, 0.25) is 11.8 Å². The molecule has 52 heavy (non-hydrogen) atoms. The van der Waals surface area contributed by atoms with E-state index in [4.69, 9.17) is 15.2 Å². The van der Waals surface area contributed by atoms with Crippen LogP contribution in [0.5, 0.6) is 0 Å². The number of amides is 3. The van der Waals surface area contributed by atoms with Crippen molar-refractivity contribution in [1.29, 1.82) is 0 Å². The van der Waals surface area contributed by atoms with Gasteiger partial charge in [0.15, 0.2) is 6.10 Å². The number of hydrogen-bond donors (Lipinski definition) is 3. The van der Waals surface area contributed by atoms with Crippen molar-refractivity contribution in [2.45, 2.75) is 110 Å². The minimum atomic E-state index is -0.849. The van der Waals surface area contributed by atoms with Crippen molar-refractivity contribution in [2.24, 2.45) is 29.4 Å². The zero-order valence-corrected chi connectivity index (χ0v) is 32.3. The third kappa shape index (κ3) is 12.9. The highest BCUT2D eigenvalue weighted by molar-refractivity contribution is 7.09. The number of benzene rings is 1. The molecule has 0 aliphatic heterocycles. The van der Waals surface area contributed by atoms with Gasteiger partial charge in [-0.25, -0.2) is 9.37 Å². The van der Waals surface area contributed by atoms with Crippen LogP contribution in [0.2, 0.25) is 0 Å². The van der Waals surface area contributed by atoms with E-state index in [0.717, 1.165) is 42.6 Å². The molecule has 0 radical (unpaired) electrons. The molecule has 1 heterocycles. The van der Waals surface area contributed by atoms with Crippen LogP contribution in [0.3, 0.4) is 0 Å². The molecule has 12 nitrogen and oxygen atoms in total. The Kier molecular flexibility index (Phi) is 16.6.